The number of ether oxygens (including phenoxy) is 1. The zero-order valence-electron chi connectivity index (χ0n) is 21.0. The van der Waals surface area contributed by atoms with E-state index < -0.39 is 22.2 Å². The molecule has 0 unspecified atom stereocenters. The smallest absolute Gasteiger partial charge is 0.247 e. The summed E-state index contributed by atoms with van der Waals surface area (Å²) in [7, 11) is -2.11. The van der Waals surface area contributed by atoms with Crippen molar-refractivity contribution in [1.29, 1.82) is 0 Å². The Morgan fingerprint density at radius 2 is 1.83 bits per heavy atom. The Morgan fingerprint density at radius 3 is 2.46 bits per heavy atom. The van der Waals surface area contributed by atoms with Crippen molar-refractivity contribution >= 4 is 15.9 Å². The monoisotopic (exact) mass is 500 g/mol. The third kappa shape index (κ3) is 5.71. The maximum absolute atomic E-state index is 13.7. The Hall–Kier alpha value is -2.42. The number of benzene rings is 2. The highest BCUT2D eigenvalue weighted by molar-refractivity contribution is 7.89. The minimum absolute atomic E-state index is 0.0810. The van der Waals surface area contributed by atoms with Gasteiger partial charge in [0, 0.05) is 32.0 Å². The molecule has 7 nitrogen and oxygen atoms in total. The number of carbonyl (C=O) groups excluding carboxylic acids is 1. The number of sulfonamides is 1. The summed E-state index contributed by atoms with van der Waals surface area (Å²) in [6.07, 6.45) is 2.36. The second kappa shape index (κ2) is 10.3. The largest absolute Gasteiger partial charge is 0.487 e. The molecule has 0 saturated heterocycles. The quantitative estimate of drug-likeness (QED) is 0.627. The molecule has 2 aromatic rings. The number of rotatable bonds is 7. The molecule has 1 fully saturated rings. The number of likely N-dealkylation sites (N-methyl/N-ethyl adjacent to an activating group) is 1. The molecule has 0 aromatic heterocycles. The summed E-state index contributed by atoms with van der Waals surface area (Å²) in [6.45, 7) is 5.93. The third-order valence-corrected chi connectivity index (χ3v) is 9.11. The van der Waals surface area contributed by atoms with Crippen LogP contribution in [0.1, 0.15) is 38.7 Å². The fourth-order valence-corrected chi connectivity index (χ4v) is 6.29. The molecule has 1 aliphatic carbocycles. The van der Waals surface area contributed by atoms with Gasteiger partial charge >= 0.3 is 0 Å². The van der Waals surface area contributed by atoms with E-state index in [1.165, 1.54) is 4.31 Å². The van der Waals surface area contributed by atoms with Crippen LogP contribution < -0.4 is 4.74 Å². The van der Waals surface area contributed by atoms with E-state index in [2.05, 4.69) is 0 Å². The van der Waals surface area contributed by atoms with Gasteiger partial charge in [-0.05, 0) is 55.9 Å². The zero-order valence-corrected chi connectivity index (χ0v) is 21.8. The second-order valence-electron chi connectivity index (χ2n) is 10.2. The molecular weight excluding hydrogens is 464 g/mol. The molecule has 0 spiro atoms. The number of carbonyl (C=O) groups is 1. The summed E-state index contributed by atoms with van der Waals surface area (Å²) < 4.78 is 35.1. The number of aliphatic hydroxyl groups is 1. The van der Waals surface area contributed by atoms with Crippen molar-refractivity contribution in [3.8, 4) is 16.9 Å². The fourth-order valence-electron chi connectivity index (χ4n) is 4.47. The van der Waals surface area contributed by atoms with Gasteiger partial charge < -0.3 is 14.7 Å². The summed E-state index contributed by atoms with van der Waals surface area (Å²) >= 11 is 0. The standard InChI is InChI=1S/C27H36N2O5S/c1-18-5-9-22(10-6-18)23-11-12-26-24(14-23)34-25(16-28(4)27(31)13-21-7-8-21)19(2)15-29(20(3)17-30)35(26,32)33/h5-6,9-12,14,19-21,25,30H,7-8,13,15-17H2,1-4H3/t19-,20-,25-/m0/s1. The number of fused-ring (bicyclic) bond motifs is 1. The molecule has 1 heterocycles. The van der Waals surface area contributed by atoms with Gasteiger partial charge in [0.25, 0.3) is 0 Å². The highest BCUT2D eigenvalue weighted by Gasteiger charge is 2.38. The van der Waals surface area contributed by atoms with E-state index in [4.69, 9.17) is 4.74 Å². The molecule has 1 saturated carbocycles. The van der Waals surface area contributed by atoms with E-state index in [-0.39, 0.29) is 35.6 Å². The van der Waals surface area contributed by atoms with E-state index in [9.17, 15) is 18.3 Å². The van der Waals surface area contributed by atoms with Crippen molar-refractivity contribution < 1.29 is 23.1 Å². The van der Waals surface area contributed by atoms with Crippen molar-refractivity contribution in [1.82, 2.24) is 9.21 Å². The lowest BCUT2D eigenvalue weighted by Crippen LogP contribution is -2.50. The average Bonchev–Trinajstić information content (AvgIpc) is 3.65. The van der Waals surface area contributed by atoms with Crippen LogP contribution in [0.4, 0.5) is 0 Å². The van der Waals surface area contributed by atoms with Crippen LogP contribution in [0.15, 0.2) is 47.4 Å². The normalized spacial score (nSPS) is 22.9. The first kappa shape index (κ1) is 25.7. The van der Waals surface area contributed by atoms with Crippen LogP contribution in [0.2, 0.25) is 0 Å². The molecule has 1 aliphatic heterocycles. The van der Waals surface area contributed by atoms with Crippen molar-refractivity contribution in [2.45, 2.75) is 57.1 Å². The van der Waals surface area contributed by atoms with Gasteiger partial charge in [0.2, 0.25) is 15.9 Å². The first-order valence-electron chi connectivity index (χ1n) is 12.3. The maximum atomic E-state index is 13.7. The predicted molar refractivity (Wildman–Crippen MR) is 136 cm³/mol. The van der Waals surface area contributed by atoms with Crippen LogP contribution in [0.3, 0.4) is 0 Å². The molecule has 2 aliphatic rings. The van der Waals surface area contributed by atoms with Gasteiger partial charge in [0.1, 0.15) is 16.7 Å². The van der Waals surface area contributed by atoms with Crippen LogP contribution in [-0.4, -0.2) is 67.5 Å². The molecule has 1 amide bonds. The average molecular weight is 501 g/mol. The number of nitrogens with zero attached hydrogens (tertiary/aromatic N) is 2. The molecule has 8 heteroatoms. The highest BCUT2D eigenvalue weighted by atomic mass is 32.2. The summed E-state index contributed by atoms with van der Waals surface area (Å²) in [5.41, 5.74) is 2.95. The molecule has 0 bridgehead atoms. The third-order valence-electron chi connectivity index (χ3n) is 7.09. The lowest BCUT2D eigenvalue weighted by Gasteiger charge is -2.37. The molecular formula is C27H36N2O5S. The van der Waals surface area contributed by atoms with Gasteiger partial charge in [0.15, 0.2) is 0 Å². The number of hydrogen-bond acceptors (Lipinski definition) is 5. The Labute approximate surface area is 208 Å². The second-order valence-corrected chi connectivity index (χ2v) is 12.0. The van der Waals surface area contributed by atoms with Crippen LogP contribution in [0.25, 0.3) is 11.1 Å². The minimum atomic E-state index is -3.90. The zero-order chi connectivity index (χ0) is 25.3. The first-order chi connectivity index (χ1) is 16.6. The number of amides is 1. The molecule has 3 atom stereocenters. The SMILES string of the molecule is Cc1ccc(-c2ccc3c(c2)O[C@@H](CN(C)C(=O)CC2CC2)[C@@H](C)CN([C@@H](C)CO)S3(=O)=O)cc1. The Bertz CT molecular complexity index is 1160. The fraction of sp³-hybridized carbons (Fsp3) is 0.519. The van der Waals surface area contributed by atoms with Gasteiger partial charge in [-0.25, -0.2) is 8.42 Å². The van der Waals surface area contributed by atoms with Gasteiger partial charge in [-0.1, -0.05) is 42.8 Å². The van der Waals surface area contributed by atoms with Gasteiger partial charge in [-0.2, -0.15) is 4.31 Å². The van der Waals surface area contributed by atoms with Gasteiger partial charge in [0.05, 0.1) is 13.2 Å². The lowest BCUT2D eigenvalue weighted by molar-refractivity contribution is -0.131. The van der Waals surface area contributed by atoms with Crippen LogP contribution >= 0.6 is 0 Å². The van der Waals surface area contributed by atoms with E-state index in [1.807, 2.05) is 38.1 Å². The summed E-state index contributed by atoms with van der Waals surface area (Å²) in [5, 5.41) is 9.81. The van der Waals surface area contributed by atoms with Gasteiger partial charge in [-0.15, -0.1) is 0 Å². The van der Waals surface area contributed by atoms with Gasteiger partial charge in [-0.3, -0.25) is 4.79 Å². The van der Waals surface area contributed by atoms with E-state index in [0.717, 1.165) is 29.5 Å². The van der Waals surface area contributed by atoms with Crippen molar-refractivity contribution in [2.24, 2.45) is 11.8 Å². The summed E-state index contributed by atoms with van der Waals surface area (Å²) in [4.78, 5) is 14.5. The Morgan fingerprint density at radius 1 is 1.17 bits per heavy atom. The van der Waals surface area contributed by atoms with E-state index in [1.54, 1.807) is 37.1 Å². The molecule has 1 N–H and O–H groups in total. The molecule has 35 heavy (non-hydrogen) atoms. The number of aryl methyl sites for hydroxylation is 1. The van der Waals surface area contributed by atoms with Crippen LogP contribution in [0, 0.1) is 18.8 Å². The summed E-state index contributed by atoms with van der Waals surface area (Å²) in [6, 6.07) is 12.6. The van der Waals surface area contributed by atoms with Crippen molar-refractivity contribution in [3.63, 3.8) is 0 Å². The number of hydrogen-bond donors (Lipinski definition) is 1. The number of aliphatic hydroxyl groups excluding tert-OH is 1. The lowest BCUT2D eigenvalue weighted by atomic mass is 10.0. The first-order valence-corrected chi connectivity index (χ1v) is 13.8. The molecule has 4 rings (SSSR count). The van der Waals surface area contributed by atoms with E-state index in [0.29, 0.717) is 18.9 Å². The molecule has 190 valence electrons. The highest BCUT2D eigenvalue weighted by Crippen LogP contribution is 2.37. The van der Waals surface area contributed by atoms with E-state index >= 15 is 0 Å². The van der Waals surface area contributed by atoms with Crippen molar-refractivity contribution in [3.05, 3.63) is 48.0 Å². The summed E-state index contributed by atoms with van der Waals surface area (Å²) in [5.74, 6) is 0.653. The molecule has 0 radical (unpaired) electrons. The minimum Gasteiger partial charge on any atom is -0.487 e. The molecule has 2 aromatic carbocycles. The Kier molecular flexibility index (Phi) is 7.54. The topological polar surface area (TPSA) is 87.2 Å². The Balaban J connectivity index is 1.72. The van der Waals surface area contributed by atoms with Crippen molar-refractivity contribution in [2.75, 3.05) is 26.7 Å². The predicted octanol–water partition coefficient (Wildman–Crippen LogP) is 3.69. The maximum Gasteiger partial charge on any atom is 0.247 e. The van der Waals surface area contributed by atoms with Crippen LogP contribution in [0.5, 0.6) is 5.75 Å². The van der Waals surface area contributed by atoms with Crippen LogP contribution in [-0.2, 0) is 14.8 Å².